The summed E-state index contributed by atoms with van der Waals surface area (Å²) in [4.78, 5) is 25.5. The van der Waals surface area contributed by atoms with E-state index in [1.807, 2.05) is 52.0 Å². The molecule has 0 aromatic heterocycles. The average molecular weight is 319 g/mol. The highest BCUT2D eigenvalue weighted by atomic mass is 16.6. The van der Waals surface area contributed by atoms with Gasteiger partial charge in [0, 0.05) is 19.0 Å². The minimum atomic E-state index is -0.805. The lowest BCUT2D eigenvalue weighted by Gasteiger charge is -2.37. The minimum Gasteiger partial charge on any atom is -0.481 e. The van der Waals surface area contributed by atoms with Crippen LogP contribution in [0.4, 0.5) is 4.79 Å². The molecule has 126 valence electrons. The van der Waals surface area contributed by atoms with E-state index in [2.05, 4.69) is 0 Å². The number of aliphatic carboxylic acids is 1. The van der Waals surface area contributed by atoms with Crippen LogP contribution in [0, 0.1) is 12.8 Å². The van der Waals surface area contributed by atoms with Crippen molar-refractivity contribution in [3.63, 3.8) is 0 Å². The molecule has 1 aliphatic heterocycles. The van der Waals surface area contributed by atoms with Crippen molar-refractivity contribution >= 4 is 12.1 Å². The topological polar surface area (TPSA) is 66.8 Å². The van der Waals surface area contributed by atoms with Gasteiger partial charge in [0.15, 0.2) is 0 Å². The third-order valence-electron chi connectivity index (χ3n) is 4.05. The molecule has 0 aliphatic carbocycles. The molecule has 0 saturated carbocycles. The van der Waals surface area contributed by atoms with Crippen molar-refractivity contribution in [3.05, 3.63) is 35.4 Å². The molecule has 1 fully saturated rings. The maximum Gasteiger partial charge on any atom is 0.410 e. The zero-order valence-corrected chi connectivity index (χ0v) is 14.2. The molecule has 1 saturated heterocycles. The van der Waals surface area contributed by atoms with Gasteiger partial charge >= 0.3 is 12.1 Å². The Hall–Kier alpha value is -2.04. The summed E-state index contributed by atoms with van der Waals surface area (Å²) in [5.74, 6) is -1.50. The Labute approximate surface area is 137 Å². The number of hydrogen-bond acceptors (Lipinski definition) is 3. The summed E-state index contributed by atoms with van der Waals surface area (Å²) in [6, 6.07) is 7.84. The number of ether oxygens (including phenoxy) is 1. The number of amides is 1. The van der Waals surface area contributed by atoms with Crippen molar-refractivity contribution in [2.75, 3.05) is 13.1 Å². The number of hydrogen-bond donors (Lipinski definition) is 1. The lowest BCUT2D eigenvalue weighted by molar-refractivity contribution is -0.144. The van der Waals surface area contributed by atoms with E-state index in [-0.39, 0.29) is 12.0 Å². The van der Waals surface area contributed by atoms with Crippen LogP contribution in [0.3, 0.4) is 0 Å². The van der Waals surface area contributed by atoms with Gasteiger partial charge in [0.25, 0.3) is 0 Å². The van der Waals surface area contributed by atoms with Gasteiger partial charge in [0.2, 0.25) is 0 Å². The van der Waals surface area contributed by atoms with Crippen LogP contribution < -0.4 is 0 Å². The summed E-state index contributed by atoms with van der Waals surface area (Å²) < 4.78 is 5.42. The average Bonchev–Trinajstić information content (AvgIpc) is 2.44. The van der Waals surface area contributed by atoms with E-state index in [9.17, 15) is 14.7 Å². The molecule has 1 amide bonds. The number of benzene rings is 1. The number of carboxylic acid groups (broad SMARTS) is 1. The zero-order valence-electron chi connectivity index (χ0n) is 14.2. The number of carboxylic acids is 1. The highest BCUT2D eigenvalue weighted by Crippen LogP contribution is 2.33. The van der Waals surface area contributed by atoms with Crippen molar-refractivity contribution in [3.8, 4) is 0 Å². The molecule has 1 N–H and O–H groups in total. The molecule has 1 aliphatic rings. The molecule has 2 unspecified atom stereocenters. The minimum absolute atomic E-state index is 0.214. The smallest absolute Gasteiger partial charge is 0.410 e. The fourth-order valence-corrected chi connectivity index (χ4v) is 2.98. The molecule has 0 radical (unpaired) electrons. The van der Waals surface area contributed by atoms with Crippen LogP contribution >= 0.6 is 0 Å². The molecule has 2 atom stereocenters. The Morgan fingerprint density at radius 2 is 2.00 bits per heavy atom. The molecule has 5 nitrogen and oxygen atoms in total. The van der Waals surface area contributed by atoms with Gasteiger partial charge in [-0.2, -0.15) is 0 Å². The van der Waals surface area contributed by atoms with E-state index in [1.165, 1.54) is 0 Å². The third-order valence-corrected chi connectivity index (χ3v) is 4.05. The summed E-state index contributed by atoms with van der Waals surface area (Å²) >= 11 is 0. The summed E-state index contributed by atoms with van der Waals surface area (Å²) in [6.07, 6.45) is 0.0617. The van der Waals surface area contributed by atoms with E-state index in [4.69, 9.17) is 4.74 Å². The molecular formula is C18H25NO4. The predicted octanol–water partition coefficient (Wildman–Crippen LogP) is 3.42. The Morgan fingerprint density at radius 3 is 2.57 bits per heavy atom. The van der Waals surface area contributed by atoms with Gasteiger partial charge in [-0.3, -0.25) is 4.79 Å². The molecule has 1 aromatic rings. The van der Waals surface area contributed by atoms with Crippen LogP contribution in [0.2, 0.25) is 0 Å². The monoisotopic (exact) mass is 319 g/mol. The summed E-state index contributed by atoms with van der Waals surface area (Å²) in [5, 5.41) is 9.52. The third kappa shape index (κ3) is 4.47. The fourth-order valence-electron chi connectivity index (χ4n) is 2.98. The lowest BCUT2D eigenvalue weighted by atomic mass is 9.80. The van der Waals surface area contributed by atoms with Gasteiger partial charge < -0.3 is 14.7 Å². The highest BCUT2D eigenvalue weighted by molar-refractivity contribution is 5.73. The summed E-state index contributed by atoms with van der Waals surface area (Å²) in [6.45, 7) is 8.24. The van der Waals surface area contributed by atoms with Crippen molar-refractivity contribution < 1.29 is 19.4 Å². The van der Waals surface area contributed by atoms with Crippen molar-refractivity contribution in [2.45, 2.75) is 45.6 Å². The number of nitrogens with zero attached hydrogens (tertiary/aromatic N) is 1. The normalized spacial score (nSPS) is 21.8. The first-order valence-electron chi connectivity index (χ1n) is 7.94. The SMILES string of the molecule is Cc1cccc(C2CN(C(=O)OC(C)(C)C)CCC2C(=O)O)c1. The van der Waals surface area contributed by atoms with Crippen molar-refractivity contribution in [1.29, 1.82) is 0 Å². The molecule has 2 rings (SSSR count). The van der Waals surface area contributed by atoms with Gasteiger partial charge in [-0.25, -0.2) is 4.79 Å². The molecule has 0 bridgehead atoms. The van der Waals surface area contributed by atoms with Gasteiger partial charge in [0.05, 0.1) is 5.92 Å². The zero-order chi connectivity index (χ0) is 17.2. The van der Waals surface area contributed by atoms with Gasteiger partial charge in [-0.15, -0.1) is 0 Å². The summed E-state index contributed by atoms with van der Waals surface area (Å²) in [5.41, 5.74) is 1.49. The first-order chi connectivity index (χ1) is 10.7. The number of carbonyl (C=O) groups is 2. The van der Waals surface area contributed by atoms with Crippen LogP contribution in [0.1, 0.15) is 44.2 Å². The van der Waals surface area contributed by atoms with E-state index >= 15 is 0 Å². The van der Waals surface area contributed by atoms with Crippen LogP contribution in [-0.2, 0) is 9.53 Å². The second kappa shape index (κ2) is 6.60. The first kappa shape index (κ1) is 17.3. The van der Waals surface area contributed by atoms with E-state index in [0.29, 0.717) is 19.5 Å². The molecule has 0 spiro atoms. The van der Waals surface area contributed by atoms with E-state index in [0.717, 1.165) is 11.1 Å². The standard InChI is InChI=1S/C18H25NO4/c1-12-6-5-7-13(10-12)15-11-19(9-8-14(15)16(20)21)17(22)23-18(2,3)4/h5-7,10,14-15H,8-9,11H2,1-4H3,(H,20,21). The van der Waals surface area contributed by atoms with Crippen LogP contribution in [0.15, 0.2) is 24.3 Å². The maximum absolute atomic E-state index is 12.3. The Balaban J connectivity index is 2.21. The lowest BCUT2D eigenvalue weighted by Crippen LogP contribution is -2.46. The quantitative estimate of drug-likeness (QED) is 0.907. The predicted molar refractivity (Wildman–Crippen MR) is 87.5 cm³/mol. The van der Waals surface area contributed by atoms with Crippen LogP contribution in [-0.4, -0.2) is 40.8 Å². The number of piperidine rings is 1. The molecular weight excluding hydrogens is 294 g/mol. The van der Waals surface area contributed by atoms with Crippen LogP contribution in [0.5, 0.6) is 0 Å². The van der Waals surface area contributed by atoms with E-state index < -0.39 is 17.5 Å². The second-order valence-corrected chi connectivity index (χ2v) is 7.18. The molecule has 1 heterocycles. The fraction of sp³-hybridized carbons (Fsp3) is 0.556. The highest BCUT2D eigenvalue weighted by Gasteiger charge is 2.37. The Morgan fingerprint density at radius 1 is 1.30 bits per heavy atom. The molecule has 5 heteroatoms. The number of rotatable bonds is 2. The number of carbonyl (C=O) groups excluding carboxylic acids is 1. The molecule has 23 heavy (non-hydrogen) atoms. The molecule has 1 aromatic carbocycles. The number of aryl methyl sites for hydroxylation is 1. The Bertz CT molecular complexity index is 591. The maximum atomic E-state index is 12.3. The van der Waals surface area contributed by atoms with Gasteiger partial charge in [0.1, 0.15) is 5.60 Å². The summed E-state index contributed by atoms with van der Waals surface area (Å²) in [7, 11) is 0. The van der Waals surface area contributed by atoms with Gasteiger partial charge in [-0.1, -0.05) is 29.8 Å². The van der Waals surface area contributed by atoms with Crippen LogP contribution in [0.25, 0.3) is 0 Å². The number of likely N-dealkylation sites (tertiary alicyclic amines) is 1. The van der Waals surface area contributed by atoms with E-state index in [1.54, 1.807) is 4.90 Å². The second-order valence-electron chi connectivity index (χ2n) is 7.18. The van der Waals surface area contributed by atoms with Crippen molar-refractivity contribution in [1.82, 2.24) is 4.90 Å². The Kier molecular flexibility index (Phi) is 4.97. The van der Waals surface area contributed by atoms with Crippen molar-refractivity contribution in [2.24, 2.45) is 5.92 Å². The van der Waals surface area contributed by atoms with Gasteiger partial charge in [-0.05, 0) is 39.7 Å². The first-order valence-corrected chi connectivity index (χ1v) is 7.94. The largest absolute Gasteiger partial charge is 0.481 e.